The molecule has 0 bridgehead atoms. The van der Waals surface area contributed by atoms with Crippen molar-refractivity contribution >= 4 is 27.7 Å². The molecule has 2 aromatic rings. The van der Waals surface area contributed by atoms with Gasteiger partial charge in [-0.1, -0.05) is 23.7 Å². The highest BCUT2D eigenvalue weighted by atomic mass is 35.5. The maximum atomic E-state index is 12.2. The van der Waals surface area contributed by atoms with Crippen LogP contribution >= 0.6 is 11.6 Å². The second-order valence-corrected chi connectivity index (χ2v) is 6.55. The Kier molecular flexibility index (Phi) is 5.23. The Hall–Kier alpha value is -2.12. The molecule has 0 N–H and O–H groups in total. The number of benzene rings is 1. The lowest BCUT2D eigenvalue weighted by Crippen LogP contribution is -2.11. The molecule has 0 aliphatic carbocycles. The highest BCUT2D eigenvalue weighted by molar-refractivity contribution is 7.87. The lowest BCUT2D eigenvalue weighted by atomic mass is 10.1. The SMILES string of the molecule is COC(=O)Cc1ccc(OS(=O)(=O)c2ccc(C)nc2Cl)cc1. The van der Waals surface area contributed by atoms with E-state index < -0.39 is 10.1 Å². The number of aromatic nitrogens is 1. The fraction of sp³-hybridized carbons (Fsp3) is 0.200. The van der Waals surface area contributed by atoms with E-state index in [0.717, 1.165) is 0 Å². The molecule has 0 aliphatic rings. The van der Waals surface area contributed by atoms with Gasteiger partial charge in [0.05, 0.1) is 13.5 Å². The van der Waals surface area contributed by atoms with Crippen molar-refractivity contribution in [2.24, 2.45) is 0 Å². The number of carbonyl (C=O) groups is 1. The summed E-state index contributed by atoms with van der Waals surface area (Å²) in [6.45, 7) is 1.70. The molecular weight excluding hydrogens is 342 g/mol. The van der Waals surface area contributed by atoms with Crippen molar-refractivity contribution in [3.05, 3.63) is 52.8 Å². The zero-order valence-corrected chi connectivity index (χ0v) is 14.0. The Bertz CT molecular complexity index is 818. The van der Waals surface area contributed by atoms with Crippen molar-refractivity contribution in [2.75, 3.05) is 7.11 Å². The van der Waals surface area contributed by atoms with Crippen molar-refractivity contribution in [3.63, 3.8) is 0 Å². The Morgan fingerprint density at radius 3 is 2.39 bits per heavy atom. The van der Waals surface area contributed by atoms with Crippen molar-refractivity contribution in [1.82, 2.24) is 4.98 Å². The summed E-state index contributed by atoms with van der Waals surface area (Å²) in [4.78, 5) is 14.9. The van der Waals surface area contributed by atoms with Crippen LogP contribution in [0.25, 0.3) is 0 Å². The number of rotatable bonds is 5. The van der Waals surface area contributed by atoms with Gasteiger partial charge in [-0.05, 0) is 36.8 Å². The maximum absolute atomic E-state index is 12.2. The Balaban J connectivity index is 2.19. The Labute approximate surface area is 139 Å². The minimum atomic E-state index is -4.09. The van der Waals surface area contributed by atoms with E-state index in [0.29, 0.717) is 11.3 Å². The first-order valence-electron chi connectivity index (χ1n) is 6.55. The molecule has 0 atom stereocenters. The number of esters is 1. The molecule has 0 fully saturated rings. The van der Waals surface area contributed by atoms with Crippen molar-refractivity contribution in [2.45, 2.75) is 18.2 Å². The quantitative estimate of drug-likeness (QED) is 0.465. The van der Waals surface area contributed by atoms with Gasteiger partial charge in [0.2, 0.25) is 0 Å². The van der Waals surface area contributed by atoms with Crippen LogP contribution in [0.1, 0.15) is 11.3 Å². The zero-order valence-electron chi connectivity index (χ0n) is 12.4. The predicted molar refractivity (Wildman–Crippen MR) is 84.0 cm³/mol. The lowest BCUT2D eigenvalue weighted by Gasteiger charge is -2.09. The van der Waals surface area contributed by atoms with Crippen LogP contribution in [0.3, 0.4) is 0 Å². The number of methoxy groups -OCH3 is 1. The number of hydrogen-bond donors (Lipinski definition) is 0. The van der Waals surface area contributed by atoms with Gasteiger partial charge in [0.1, 0.15) is 10.6 Å². The average molecular weight is 356 g/mol. The average Bonchev–Trinajstić information content (AvgIpc) is 2.48. The maximum Gasteiger partial charge on any atom is 0.342 e. The highest BCUT2D eigenvalue weighted by Crippen LogP contribution is 2.24. The van der Waals surface area contributed by atoms with Crippen LogP contribution in [-0.4, -0.2) is 26.5 Å². The number of halogens is 1. The number of carbonyl (C=O) groups excluding carboxylic acids is 1. The third kappa shape index (κ3) is 4.43. The molecule has 1 aromatic carbocycles. The van der Waals surface area contributed by atoms with Crippen molar-refractivity contribution in [3.8, 4) is 5.75 Å². The summed E-state index contributed by atoms with van der Waals surface area (Å²) < 4.78 is 34.0. The topological polar surface area (TPSA) is 82.6 Å². The van der Waals surface area contributed by atoms with E-state index in [9.17, 15) is 13.2 Å². The monoisotopic (exact) mass is 355 g/mol. The molecule has 2 rings (SSSR count). The van der Waals surface area contributed by atoms with Crippen LogP contribution in [0.4, 0.5) is 0 Å². The molecule has 0 radical (unpaired) electrons. The van der Waals surface area contributed by atoms with Crippen LogP contribution in [0.2, 0.25) is 5.15 Å². The summed E-state index contributed by atoms with van der Waals surface area (Å²) in [6, 6.07) is 8.93. The van der Waals surface area contributed by atoms with Gasteiger partial charge in [0.25, 0.3) is 0 Å². The standard InChI is InChI=1S/C15H14ClNO5S/c1-10-3-8-13(15(16)17-10)23(19,20)22-12-6-4-11(5-7-12)9-14(18)21-2/h3-8H,9H2,1-2H3. The van der Waals surface area contributed by atoms with E-state index in [1.54, 1.807) is 19.1 Å². The minimum absolute atomic E-state index is 0.0945. The minimum Gasteiger partial charge on any atom is -0.469 e. The van der Waals surface area contributed by atoms with E-state index in [1.807, 2.05) is 0 Å². The third-order valence-corrected chi connectivity index (χ3v) is 4.61. The van der Waals surface area contributed by atoms with Crippen LogP contribution in [-0.2, 0) is 26.1 Å². The van der Waals surface area contributed by atoms with Crippen LogP contribution < -0.4 is 4.18 Å². The second kappa shape index (κ2) is 6.97. The lowest BCUT2D eigenvalue weighted by molar-refractivity contribution is -0.139. The predicted octanol–water partition coefficient (Wildman–Crippen LogP) is 2.53. The largest absolute Gasteiger partial charge is 0.469 e. The molecule has 0 saturated heterocycles. The molecule has 0 unspecified atom stereocenters. The summed E-state index contributed by atoms with van der Waals surface area (Å²) in [6.07, 6.45) is 0.0945. The molecule has 6 nitrogen and oxygen atoms in total. The van der Waals surface area contributed by atoms with E-state index in [1.165, 1.54) is 31.4 Å². The molecular formula is C15H14ClNO5S. The normalized spacial score (nSPS) is 11.1. The van der Waals surface area contributed by atoms with Gasteiger partial charge in [-0.25, -0.2) is 4.98 Å². The highest BCUT2D eigenvalue weighted by Gasteiger charge is 2.21. The fourth-order valence-corrected chi connectivity index (χ4v) is 3.19. The van der Waals surface area contributed by atoms with Gasteiger partial charge in [0.15, 0.2) is 5.15 Å². The van der Waals surface area contributed by atoms with Gasteiger partial charge < -0.3 is 8.92 Å². The number of aryl methyl sites for hydroxylation is 1. The van der Waals surface area contributed by atoms with Crippen molar-refractivity contribution < 1.29 is 22.1 Å². The summed E-state index contributed by atoms with van der Waals surface area (Å²) in [5.74, 6) is -0.279. The number of pyridine rings is 1. The summed E-state index contributed by atoms with van der Waals surface area (Å²) >= 11 is 5.86. The summed E-state index contributed by atoms with van der Waals surface area (Å²) in [7, 11) is -2.79. The zero-order chi connectivity index (χ0) is 17.0. The molecule has 0 saturated carbocycles. The first-order chi connectivity index (χ1) is 10.8. The fourth-order valence-electron chi connectivity index (χ4n) is 1.77. The second-order valence-electron chi connectivity index (χ2n) is 4.68. The molecule has 122 valence electrons. The van der Waals surface area contributed by atoms with Gasteiger partial charge in [-0.2, -0.15) is 8.42 Å². The van der Waals surface area contributed by atoms with E-state index in [-0.39, 0.29) is 28.2 Å². The number of nitrogens with zero attached hydrogens (tertiary/aromatic N) is 1. The van der Waals surface area contributed by atoms with E-state index >= 15 is 0 Å². The van der Waals surface area contributed by atoms with Crippen molar-refractivity contribution in [1.29, 1.82) is 0 Å². The third-order valence-electron chi connectivity index (χ3n) is 2.93. The van der Waals surface area contributed by atoms with Crippen LogP contribution in [0.5, 0.6) is 5.75 Å². The Morgan fingerprint density at radius 2 is 1.83 bits per heavy atom. The van der Waals surface area contributed by atoms with E-state index in [2.05, 4.69) is 9.72 Å². The summed E-state index contributed by atoms with van der Waals surface area (Å²) in [5, 5.41) is -0.146. The first kappa shape index (κ1) is 17.2. The van der Waals surface area contributed by atoms with Crippen LogP contribution in [0.15, 0.2) is 41.3 Å². The van der Waals surface area contributed by atoms with Crippen LogP contribution in [0, 0.1) is 6.92 Å². The van der Waals surface area contributed by atoms with E-state index in [4.69, 9.17) is 15.8 Å². The smallest absolute Gasteiger partial charge is 0.342 e. The molecule has 1 aromatic heterocycles. The molecule has 23 heavy (non-hydrogen) atoms. The molecule has 0 aliphatic heterocycles. The van der Waals surface area contributed by atoms with Gasteiger partial charge in [0, 0.05) is 5.69 Å². The van der Waals surface area contributed by atoms with Gasteiger partial charge >= 0.3 is 16.1 Å². The summed E-state index contributed by atoms with van der Waals surface area (Å²) in [5.41, 5.74) is 1.28. The Morgan fingerprint density at radius 1 is 1.17 bits per heavy atom. The van der Waals surface area contributed by atoms with Gasteiger partial charge in [-0.15, -0.1) is 0 Å². The number of hydrogen-bond acceptors (Lipinski definition) is 6. The van der Waals surface area contributed by atoms with Gasteiger partial charge in [-0.3, -0.25) is 4.79 Å². The molecule has 8 heteroatoms. The number of ether oxygens (including phenoxy) is 1. The molecule has 0 spiro atoms. The molecule has 0 amide bonds. The first-order valence-corrected chi connectivity index (χ1v) is 8.34. The molecule has 1 heterocycles.